The third-order valence-electron chi connectivity index (χ3n) is 7.17. The van der Waals surface area contributed by atoms with Gasteiger partial charge in [-0.1, -0.05) is 35.3 Å². The number of rotatable bonds is 15. The number of hydrogen-bond donors (Lipinski definition) is 2. The quantitative estimate of drug-likeness (QED) is 0.123. The van der Waals surface area contributed by atoms with E-state index in [1.165, 1.54) is 0 Å². The van der Waals surface area contributed by atoms with Gasteiger partial charge in [0.15, 0.2) is 0 Å². The van der Waals surface area contributed by atoms with E-state index < -0.39 is 0 Å². The highest BCUT2D eigenvalue weighted by Crippen LogP contribution is 2.35. The van der Waals surface area contributed by atoms with Gasteiger partial charge in [-0.05, 0) is 110 Å². The molecule has 0 aromatic heterocycles. The highest BCUT2D eigenvalue weighted by atomic mass is 35.5. The lowest BCUT2D eigenvalue weighted by Crippen LogP contribution is -2.14. The van der Waals surface area contributed by atoms with Gasteiger partial charge in [0.2, 0.25) is 11.8 Å². The molecule has 10 heteroatoms. The zero-order valence-corrected chi connectivity index (χ0v) is 27.9. The minimum Gasteiger partial charge on any atom is -0.495 e. The Hall–Kier alpha value is -4.40. The van der Waals surface area contributed by atoms with Crippen LogP contribution in [0.3, 0.4) is 0 Å². The molecule has 8 nitrogen and oxygen atoms in total. The van der Waals surface area contributed by atoms with Crippen LogP contribution in [0.4, 0.5) is 11.4 Å². The van der Waals surface area contributed by atoms with Crippen LogP contribution < -0.4 is 29.6 Å². The zero-order chi connectivity index (χ0) is 33.1. The minimum atomic E-state index is -0.143. The number of ether oxygens (including phenoxy) is 4. The van der Waals surface area contributed by atoms with Gasteiger partial charge in [0, 0.05) is 22.9 Å². The van der Waals surface area contributed by atoms with Crippen LogP contribution in [0.25, 0.3) is 11.1 Å². The number of methoxy groups -OCH3 is 2. The van der Waals surface area contributed by atoms with E-state index in [1.807, 2.05) is 62.4 Å². The van der Waals surface area contributed by atoms with Crippen molar-refractivity contribution in [1.82, 2.24) is 0 Å². The number of nitrogens with one attached hydrogen (secondary N) is 2. The third kappa shape index (κ3) is 9.80. The number of carbonyl (C=O) groups excluding carboxylic acids is 2. The van der Waals surface area contributed by atoms with E-state index in [-0.39, 0.29) is 24.7 Å². The Morgan fingerprint density at radius 1 is 0.587 bits per heavy atom. The van der Waals surface area contributed by atoms with Crippen molar-refractivity contribution in [2.75, 3.05) is 38.1 Å². The Bertz CT molecular complexity index is 1550. The molecule has 2 N–H and O–H groups in total. The first-order valence-electron chi connectivity index (χ1n) is 14.9. The van der Waals surface area contributed by atoms with E-state index in [0.717, 1.165) is 33.8 Å². The van der Waals surface area contributed by atoms with Gasteiger partial charge in [0.1, 0.15) is 23.0 Å². The van der Waals surface area contributed by atoms with Gasteiger partial charge in [0.25, 0.3) is 0 Å². The van der Waals surface area contributed by atoms with Crippen molar-refractivity contribution in [3.63, 3.8) is 0 Å². The molecule has 242 valence electrons. The van der Waals surface area contributed by atoms with Gasteiger partial charge in [0.05, 0.1) is 38.8 Å². The molecule has 0 fully saturated rings. The molecule has 0 unspecified atom stereocenters. The van der Waals surface area contributed by atoms with E-state index in [9.17, 15) is 9.59 Å². The number of aryl methyl sites for hydroxylation is 2. The van der Waals surface area contributed by atoms with E-state index in [2.05, 4.69) is 10.6 Å². The number of anilines is 2. The molecule has 4 rings (SSSR count). The Labute approximate surface area is 279 Å². The molecule has 0 radical (unpaired) electrons. The molecule has 0 saturated heterocycles. The van der Waals surface area contributed by atoms with Gasteiger partial charge in [-0.15, -0.1) is 0 Å². The van der Waals surface area contributed by atoms with Crippen LogP contribution in [0.1, 0.15) is 36.8 Å². The summed E-state index contributed by atoms with van der Waals surface area (Å²) in [6.07, 6.45) is 1.68. The lowest BCUT2D eigenvalue weighted by Gasteiger charge is -2.15. The monoisotopic (exact) mass is 664 g/mol. The SMILES string of the molecule is COc1cc(-c2ccc(NC(=O)CCCOc3ccc(Cl)cc3C)c(OC)c2)ccc1NC(=O)CCCOc1ccc(Cl)cc1C. The van der Waals surface area contributed by atoms with Crippen LogP contribution in [-0.4, -0.2) is 39.2 Å². The fourth-order valence-corrected chi connectivity index (χ4v) is 5.21. The van der Waals surface area contributed by atoms with Gasteiger partial charge in [-0.3, -0.25) is 9.59 Å². The zero-order valence-electron chi connectivity index (χ0n) is 26.4. The molecule has 46 heavy (non-hydrogen) atoms. The van der Waals surface area contributed by atoms with E-state index in [0.29, 0.717) is 59.0 Å². The van der Waals surface area contributed by atoms with E-state index in [1.54, 1.807) is 38.5 Å². The minimum absolute atomic E-state index is 0.143. The summed E-state index contributed by atoms with van der Waals surface area (Å²) in [6.45, 7) is 4.67. The molecule has 4 aromatic rings. The lowest BCUT2D eigenvalue weighted by molar-refractivity contribution is -0.117. The Morgan fingerprint density at radius 3 is 1.37 bits per heavy atom. The summed E-state index contributed by atoms with van der Waals surface area (Å²) < 4.78 is 22.7. The number of hydrogen-bond acceptors (Lipinski definition) is 6. The maximum atomic E-state index is 12.6. The van der Waals surface area contributed by atoms with Crippen molar-refractivity contribution in [2.24, 2.45) is 0 Å². The van der Waals surface area contributed by atoms with Crippen molar-refractivity contribution in [3.05, 3.63) is 94.0 Å². The highest BCUT2D eigenvalue weighted by molar-refractivity contribution is 6.31. The Morgan fingerprint density at radius 2 is 1.00 bits per heavy atom. The van der Waals surface area contributed by atoms with Gasteiger partial charge < -0.3 is 29.6 Å². The van der Waals surface area contributed by atoms with Gasteiger partial charge >= 0.3 is 0 Å². The van der Waals surface area contributed by atoms with Crippen molar-refractivity contribution in [2.45, 2.75) is 39.5 Å². The van der Waals surface area contributed by atoms with Crippen LogP contribution >= 0.6 is 23.2 Å². The lowest BCUT2D eigenvalue weighted by atomic mass is 10.0. The smallest absolute Gasteiger partial charge is 0.224 e. The number of benzene rings is 4. The molecule has 0 aliphatic rings. The molecule has 2 amide bonds. The number of carbonyl (C=O) groups is 2. The molecule has 0 aliphatic heterocycles. The predicted molar refractivity (Wildman–Crippen MR) is 184 cm³/mol. The fraction of sp³-hybridized carbons (Fsp3) is 0.278. The molecule has 0 atom stereocenters. The summed E-state index contributed by atoms with van der Waals surface area (Å²) in [5.41, 5.74) is 4.73. The molecule has 4 aromatic carbocycles. The topological polar surface area (TPSA) is 95.1 Å². The second kappa shape index (κ2) is 16.8. The van der Waals surface area contributed by atoms with Gasteiger partial charge in [-0.25, -0.2) is 0 Å². The Balaban J connectivity index is 1.29. The maximum Gasteiger partial charge on any atom is 0.224 e. The van der Waals surface area contributed by atoms with E-state index >= 15 is 0 Å². The molecule has 0 spiro atoms. The third-order valence-corrected chi connectivity index (χ3v) is 7.64. The van der Waals surface area contributed by atoms with Crippen LogP contribution in [0.15, 0.2) is 72.8 Å². The summed E-state index contributed by atoms with van der Waals surface area (Å²) in [5.74, 6) is 2.25. The summed E-state index contributed by atoms with van der Waals surface area (Å²) in [7, 11) is 3.11. The molecule has 0 heterocycles. The maximum absolute atomic E-state index is 12.6. The molecular formula is C36H38Cl2N2O6. The van der Waals surface area contributed by atoms with Crippen molar-refractivity contribution >= 4 is 46.4 Å². The van der Waals surface area contributed by atoms with Crippen molar-refractivity contribution in [3.8, 4) is 34.1 Å². The summed E-state index contributed by atoms with van der Waals surface area (Å²) in [6, 6.07) is 22.0. The molecular weight excluding hydrogens is 627 g/mol. The average Bonchev–Trinajstić information content (AvgIpc) is 3.03. The molecule has 0 saturated carbocycles. The second-order valence-electron chi connectivity index (χ2n) is 10.7. The fourth-order valence-electron chi connectivity index (χ4n) is 4.75. The van der Waals surface area contributed by atoms with Crippen LogP contribution in [-0.2, 0) is 9.59 Å². The molecule has 0 aliphatic carbocycles. The summed E-state index contributed by atoms with van der Waals surface area (Å²) in [4.78, 5) is 25.3. The summed E-state index contributed by atoms with van der Waals surface area (Å²) >= 11 is 12.0. The first-order valence-corrected chi connectivity index (χ1v) is 15.7. The molecule has 0 bridgehead atoms. The normalized spacial score (nSPS) is 10.7. The van der Waals surface area contributed by atoms with E-state index in [4.69, 9.17) is 42.1 Å². The highest BCUT2D eigenvalue weighted by Gasteiger charge is 2.13. The standard InChI is InChI=1S/C36H38Cl2N2O6/c1-23-19-27(37)11-15-31(23)45-17-5-7-35(41)39-29-13-9-25(21-33(29)43-3)26-10-14-30(34(22-26)44-4)40-36(42)8-6-18-46-32-16-12-28(38)20-24(32)2/h9-16,19-22H,5-8,17-18H2,1-4H3,(H,39,41)(H,40,42). The first-order chi connectivity index (χ1) is 22.2. The van der Waals surface area contributed by atoms with Crippen molar-refractivity contribution in [1.29, 1.82) is 0 Å². The van der Waals surface area contributed by atoms with Crippen LogP contribution in [0.5, 0.6) is 23.0 Å². The summed E-state index contributed by atoms with van der Waals surface area (Å²) in [5, 5.41) is 7.16. The predicted octanol–water partition coefficient (Wildman–Crippen LogP) is 8.89. The van der Waals surface area contributed by atoms with Crippen LogP contribution in [0.2, 0.25) is 10.0 Å². The van der Waals surface area contributed by atoms with Gasteiger partial charge in [-0.2, -0.15) is 0 Å². The largest absolute Gasteiger partial charge is 0.495 e. The number of halogens is 2. The number of amides is 2. The average molecular weight is 666 g/mol. The Kier molecular flexibility index (Phi) is 12.6. The second-order valence-corrected chi connectivity index (χ2v) is 11.5. The first kappa shape index (κ1) is 34.5. The van der Waals surface area contributed by atoms with Crippen LogP contribution in [0, 0.1) is 13.8 Å². The van der Waals surface area contributed by atoms with Crippen molar-refractivity contribution < 1.29 is 28.5 Å².